The highest BCUT2D eigenvalue weighted by molar-refractivity contribution is 5.80. The second kappa shape index (κ2) is 7.09. The van der Waals surface area contributed by atoms with E-state index in [2.05, 4.69) is 16.4 Å². The number of nitrogens with one attached hydrogen (secondary N) is 1. The van der Waals surface area contributed by atoms with Gasteiger partial charge in [-0.3, -0.25) is 4.79 Å². The van der Waals surface area contributed by atoms with Crippen LogP contribution in [0.5, 0.6) is 0 Å². The number of nitriles is 1. The molecule has 2 heterocycles. The van der Waals surface area contributed by atoms with E-state index in [4.69, 9.17) is 5.26 Å². The van der Waals surface area contributed by atoms with E-state index in [9.17, 15) is 9.18 Å². The van der Waals surface area contributed by atoms with Crippen molar-refractivity contribution in [3.63, 3.8) is 0 Å². The topological polar surface area (TPSA) is 69.0 Å². The minimum absolute atomic E-state index is 0.0623. The average molecular weight is 324 g/mol. The number of aromatic nitrogens is 1. The van der Waals surface area contributed by atoms with Crippen molar-refractivity contribution in [2.24, 2.45) is 0 Å². The summed E-state index contributed by atoms with van der Waals surface area (Å²) >= 11 is 0. The van der Waals surface area contributed by atoms with Gasteiger partial charge in [-0.25, -0.2) is 9.37 Å². The van der Waals surface area contributed by atoms with Crippen LogP contribution in [0.3, 0.4) is 0 Å². The average Bonchev–Trinajstić information content (AvgIpc) is 2.94. The molecule has 1 unspecified atom stereocenters. The van der Waals surface area contributed by atoms with Crippen molar-refractivity contribution in [2.75, 3.05) is 18.4 Å². The van der Waals surface area contributed by atoms with E-state index in [1.807, 2.05) is 0 Å². The molecule has 1 amide bonds. The van der Waals surface area contributed by atoms with E-state index in [-0.39, 0.29) is 17.8 Å². The fourth-order valence-electron chi connectivity index (χ4n) is 2.80. The van der Waals surface area contributed by atoms with Crippen LogP contribution in [0.4, 0.5) is 10.2 Å². The lowest BCUT2D eigenvalue weighted by Gasteiger charge is -2.17. The number of carbonyl (C=O) groups excluding carboxylic acids is 1. The number of amides is 1. The Bertz CT molecular complexity index is 769. The Balaban J connectivity index is 1.57. The Labute approximate surface area is 139 Å². The van der Waals surface area contributed by atoms with Crippen molar-refractivity contribution in [1.82, 2.24) is 9.88 Å². The summed E-state index contributed by atoms with van der Waals surface area (Å²) in [5, 5.41) is 12.3. The molecule has 1 aliphatic rings. The maximum Gasteiger partial charge on any atom is 0.224 e. The molecule has 0 aliphatic carbocycles. The first-order chi connectivity index (χ1) is 11.7. The third-order valence-electron chi connectivity index (χ3n) is 4.07. The van der Waals surface area contributed by atoms with E-state index >= 15 is 0 Å². The second-order valence-electron chi connectivity index (χ2n) is 5.77. The fourth-order valence-corrected chi connectivity index (χ4v) is 2.80. The van der Waals surface area contributed by atoms with Crippen LogP contribution in [-0.4, -0.2) is 34.9 Å². The molecule has 0 radical (unpaired) electrons. The predicted molar refractivity (Wildman–Crippen MR) is 87.7 cm³/mol. The number of likely N-dealkylation sites (tertiary alicyclic amines) is 1. The van der Waals surface area contributed by atoms with Crippen LogP contribution < -0.4 is 5.32 Å². The van der Waals surface area contributed by atoms with E-state index in [1.165, 1.54) is 12.1 Å². The molecule has 1 aromatic heterocycles. The van der Waals surface area contributed by atoms with Gasteiger partial charge in [0.15, 0.2) is 0 Å². The minimum Gasteiger partial charge on any atom is -0.364 e. The van der Waals surface area contributed by atoms with Gasteiger partial charge in [0.05, 0.1) is 11.6 Å². The van der Waals surface area contributed by atoms with Gasteiger partial charge in [0, 0.05) is 25.7 Å². The molecule has 1 atom stereocenters. The van der Waals surface area contributed by atoms with Gasteiger partial charge < -0.3 is 10.2 Å². The number of benzene rings is 1. The standard InChI is InChI=1S/C18H17FN4O/c19-15-5-3-13(4-6-15)7-9-23-12-16(10-17(23)24)22-18-14(11-20)2-1-8-21-18/h1-6,8,16H,7,9-10,12H2,(H,21,22). The van der Waals surface area contributed by atoms with Crippen molar-refractivity contribution in [2.45, 2.75) is 18.9 Å². The summed E-state index contributed by atoms with van der Waals surface area (Å²) in [7, 11) is 0. The lowest BCUT2D eigenvalue weighted by molar-refractivity contribution is -0.127. The summed E-state index contributed by atoms with van der Waals surface area (Å²) in [6.45, 7) is 1.16. The number of hydrogen-bond acceptors (Lipinski definition) is 4. The molecule has 1 aliphatic heterocycles. The quantitative estimate of drug-likeness (QED) is 0.916. The summed E-state index contributed by atoms with van der Waals surface area (Å²) in [4.78, 5) is 18.1. The first kappa shape index (κ1) is 15.9. The van der Waals surface area contributed by atoms with Crippen LogP contribution in [0.15, 0.2) is 42.6 Å². The number of rotatable bonds is 5. The molecule has 5 nitrogen and oxygen atoms in total. The van der Waals surface area contributed by atoms with E-state index < -0.39 is 0 Å². The minimum atomic E-state index is -0.260. The van der Waals surface area contributed by atoms with Crippen LogP contribution in [0.2, 0.25) is 0 Å². The molecule has 2 aromatic rings. The molecule has 122 valence electrons. The van der Waals surface area contributed by atoms with Crippen LogP contribution in [0.25, 0.3) is 0 Å². The highest BCUT2D eigenvalue weighted by Crippen LogP contribution is 2.18. The zero-order valence-electron chi connectivity index (χ0n) is 13.1. The van der Waals surface area contributed by atoms with Crippen molar-refractivity contribution < 1.29 is 9.18 Å². The summed E-state index contributed by atoms with van der Waals surface area (Å²) in [6.07, 6.45) is 2.68. The summed E-state index contributed by atoms with van der Waals surface area (Å²) in [6, 6.07) is 11.7. The van der Waals surface area contributed by atoms with Crippen molar-refractivity contribution in [3.8, 4) is 6.07 Å². The summed E-state index contributed by atoms with van der Waals surface area (Å²) in [5.41, 5.74) is 1.46. The van der Waals surface area contributed by atoms with Gasteiger partial charge in [-0.1, -0.05) is 12.1 Å². The van der Waals surface area contributed by atoms with Crippen LogP contribution in [0, 0.1) is 17.1 Å². The first-order valence-corrected chi connectivity index (χ1v) is 7.79. The third-order valence-corrected chi connectivity index (χ3v) is 4.07. The van der Waals surface area contributed by atoms with Crippen molar-refractivity contribution in [1.29, 1.82) is 5.26 Å². The molecule has 3 rings (SSSR count). The molecular weight excluding hydrogens is 307 g/mol. The van der Waals surface area contributed by atoms with Gasteiger partial charge in [0.2, 0.25) is 5.91 Å². The van der Waals surface area contributed by atoms with Gasteiger partial charge in [-0.05, 0) is 36.2 Å². The normalized spacial score (nSPS) is 16.9. The van der Waals surface area contributed by atoms with E-state index in [1.54, 1.807) is 35.4 Å². The number of carbonyl (C=O) groups is 1. The van der Waals surface area contributed by atoms with Crippen molar-refractivity contribution in [3.05, 3.63) is 59.5 Å². The lowest BCUT2D eigenvalue weighted by Crippen LogP contribution is -2.30. The van der Waals surface area contributed by atoms with Crippen molar-refractivity contribution >= 4 is 11.7 Å². The van der Waals surface area contributed by atoms with Gasteiger partial charge in [-0.2, -0.15) is 5.26 Å². The van der Waals surface area contributed by atoms with Crippen LogP contribution >= 0.6 is 0 Å². The van der Waals surface area contributed by atoms with Gasteiger partial charge >= 0.3 is 0 Å². The van der Waals surface area contributed by atoms with Crippen LogP contribution in [0.1, 0.15) is 17.5 Å². The molecule has 0 spiro atoms. The number of hydrogen-bond donors (Lipinski definition) is 1. The highest BCUT2D eigenvalue weighted by Gasteiger charge is 2.29. The largest absolute Gasteiger partial charge is 0.364 e. The predicted octanol–water partition coefficient (Wildman–Crippen LogP) is 2.35. The molecule has 0 bridgehead atoms. The molecule has 6 heteroatoms. The Morgan fingerprint density at radius 1 is 1.33 bits per heavy atom. The van der Waals surface area contributed by atoms with Gasteiger partial charge in [0.1, 0.15) is 17.7 Å². The summed E-state index contributed by atoms with van der Waals surface area (Å²) < 4.78 is 12.9. The van der Waals surface area contributed by atoms with Crippen LogP contribution in [-0.2, 0) is 11.2 Å². The number of pyridine rings is 1. The van der Waals surface area contributed by atoms with Gasteiger partial charge in [0.25, 0.3) is 0 Å². The lowest BCUT2D eigenvalue weighted by atomic mass is 10.1. The molecule has 1 saturated heterocycles. The number of halogens is 1. The van der Waals surface area contributed by atoms with Gasteiger partial charge in [-0.15, -0.1) is 0 Å². The second-order valence-corrected chi connectivity index (χ2v) is 5.77. The number of nitrogens with zero attached hydrogens (tertiary/aromatic N) is 3. The molecule has 1 fully saturated rings. The smallest absolute Gasteiger partial charge is 0.224 e. The molecule has 24 heavy (non-hydrogen) atoms. The monoisotopic (exact) mass is 324 g/mol. The zero-order chi connectivity index (χ0) is 16.9. The Morgan fingerprint density at radius 2 is 2.12 bits per heavy atom. The van der Waals surface area contributed by atoms with E-state index in [0.717, 1.165) is 5.56 Å². The summed E-state index contributed by atoms with van der Waals surface area (Å²) in [5.74, 6) is 0.325. The maximum atomic E-state index is 12.9. The van der Waals surface area contributed by atoms with E-state index in [0.29, 0.717) is 37.3 Å². The molecular formula is C18H17FN4O. The highest BCUT2D eigenvalue weighted by atomic mass is 19.1. The SMILES string of the molecule is N#Cc1cccnc1NC1CC(=O)N(CCc2ccc(F)cc2)C1. The Kier molecular flexibility index (Phi) is 4.71. The number of anilines is 1. The third kappa shape index (κ3) is 3.69. The molecule has 0 saturated carbocycles. The molecule has 1 N–H and O–H groups in total. The molecule has 1 aromatic carbocycles. The Morgan fingerprint density at radius 3 is 2.88 bits per heavy atom. The Hall–Kier alpha value is -2.94. The zero-order valence-corrected chi connectivity index (χ0v) is 13.1. The fraction of sp³-hybridized carbons (Fsp3) is 0.278. The first-order valence-electron chi connectivity index (χ1n) is 7.79. The maximum absolute atomic E-state index is 12.9.